The van der Waals surface area contributed by atoms with Gasteiger partial charge in [-0.2, -0.15) is 11.8 Å². The molecule has 3 heterocycles. The standard InChI is InChI=1S/C17H27N5OS/c1-12-16(19-20-22(12)13-6-8-18-9-7-13)17(23)21-10-11-24-15-5-3-2-4-14(15)21/h13-15,18H,2-11H2,1H3. The van der Waals surface area contributed by atoms with Crippen LogP contribution in [-0.4, -0.2) is 62.5 Å². The first-order chi connectivity index (χ1) is 11.8. The largest absolute Gasteiger partial charge is 0.332 e. The van der Waals surface area contributed by atoms with Crippen LogP contribution in [0.2, 0.25) is 0 Å². The zero-order valence-electron chi connectivity index (χ0n) is 14.4. The molecule has 0 bridgehead atoms. The monoisotopic (exact) mass is 349 g/mol. The van der Waals surface area contributed by atoms with Crippen LogP contribution in [0.1, 0.15) is 60.7 Å². The van der Waals surface area contributed by atoms with E-state index in [1.807, 2.05) is 11.6 Å². The number of fused-ring (bicyclic) bond motifs is 1. The molecule has 1 saturated carbocycles. The number of aromatic nitrogens is 3. The summed E-state index contributed by atoms with van der Waals surface area (Å²) in [5, 5.41) is 12.6. The van der Waals surface area contributed by atoms with Gasteiger partial charge in [0.25, 0.3) is 5.91 Å². The molecule has 2 atom stereocenters. The molecule has 1 aromatic rings. The Labute approximate surface area is 147 Å². The van der Waals surface area contributed by atoms with E-state index in [2.05, 4.69) is 32.3 Å². The molecule has 0 radical (unpaired) electrons. The van der Waals surface area contributed by atoms with Gasteiger partial charge >= 0.3 is 0 Å². The fraction of sp³-hybridized carbons (Fsp3) is 0.824. The lowest BCUT2D eigenvalue weighted by Gasteiger charge is -2.43. The zero-order chi connectivity index (χ0) is 16.5. The Balaban J connectivity index is 1.54. The van der Waals surface area contributed by atoms with Crippen LogP contribution >= 0.6 is 11.8 Å². The second-order valence-electron chi connectivity index (χ2n) is 7.21. The molecule has 1 amide bonds. The Morgan fingerprint density at radius 3 is 2.83 bits per heavy atom. The zero-order valence-corrected chi connectivity index (χ0v) is 15.2. The Morgan fingerprint density at radius 1 is 1.21 bits per heavy atom. The molecular weight excluding hydrogens is 322 g/mol. The van der Waals surface area contributed by atoms with Gasteiger partial charge in [0.15, 0.2) is 5.69 Å². The van der Waals surface area contributed by atoms with Crippen LogP contribution in [0.5, 0.6) is 0 Å². The highest BCUT2D eigenvalue weighted by Crippen LogP contribution is 2.36. The van der Waals surface area contributed by atoms with E-state index in [1.54, 1.807) is 0 Å². The van der Waals surface area contributed by atoms with E-state index in [1.165, 1.54) is 19.3 Å². The molecule has 2 aliphatic heterocycles. The third-order valence-corrected chi connectivity index (χ3v) is 7.17. The second kappa shape index (κ2) is 7.04. The molecule has 24 heavy (non-hydrogen) atoms. The van der Waals surface area contributed by atoms with Crippen molar-refractivity contribution in [2.45, 2.75) is 62.8 Å². The van der Waals surface area contributed by atoms with E-state index in [0.29, 0.717) is 23.0 Å². The van der Waals surface area contributed by atoms with Crippen molar-refractivity contribution < 1.29 is 4.79 Å². The fourth-order valence-corrected chi connectivity index (χ4v) is 5.86. The van der Waals surface area contributed by atoms with Gasteiger partial charge in [0.05, 0.1) is 11.7 Å². The number of hydrogen-bond acceptors (Lipinski definition) is 5. The summed E-state index contributed by atoms with van der Waals surface area (Å²) in [4.78, 5) is 15.3. The number of carbonyl (C=O) groups is 1. The summed E-state index contributed by atoms with van der Waals surface area (Å²) in [6, 6.07) is 0.771. The van der Waals surface area contributed by atoms with Crippen LogP contribution < -0.4 is 5.32 Å². The maximum absolute atomic E-state index is 13.2. The minimum atomic E-state index is 0.102. The van der Waals surface area contributed by atoms with Gasteiger partial charge in [-0.15, -0.1) is 5.10 Å². The van der Waals surface area contributed by atoms with Crippen molar-refractivity contribution in [1.82, 2.24) is 25.2 Å². The number of piperidine rings is 1. The molecule has 132 valence electrons. The van der Waals surface area contributed by atoms with Crippen LogP contribution in [-0.2, 0) is 0 Å². The lowest BCUT2D eigenvalue weighted by molar-refractivity contribution is 0.0639. The summed E-state index contributed by atoms with van der Waals surface area (Å²) in [6.07, 6.45) is 7.06. The van der Waals surface area contributed by atoms with Crippen molar-refractivity contribution in [3.8, 4) is 0 Å². The number of hydrogen-bond donors (Lipinski definition) is 1. The topological polar surface area (TPSA) is 63.1 Å². The second-order valence-corrected chi connectivity index (χ2v) is 8.56. The number of amides is 1. The van der Waals surface area contributed by atoms with Crippen LogP contribution in [0.4, 0.5) is 0 Å². The smallest absolute Gasteiger partial charge is 0.276 e. The number of nitrogens with zero attached hydrogens (tertiary/aromatic N) is 4. The van der Waals surface area contributed by atoms with Crippen LogP contribution in [0, 0.1) is 6.92 Å². The molecule has 3 aliphatic rings. The first-order valence-corrected chi connectivity index (χ1v) is 10.4. The molecule has 2 saturated heterocycles. The molecule has 6 nitrogen and oxygen atoms in total. The van der Waals surface area contributed by atoms with E-state index in [4.69, 9.17) is 0 Å². The molecule has 0 aromatic carbocycles. The molecule has 4 rings (SSSR count). The summed E-state index contributed by atoms with van der Waals surface area (Å²) >= 11 is 2.05. The summed E-state index contributed by atoms with van der Waals surface area (Å²) < 4.78 is 1.99. The molecule has 1 N–H and O–H groups in total. The highest BCUT2D eigenvalue weighted by Gasteiger charge is 2.38. The maximum Gasteiger partial charge on any atom is 0.276 e. The van der Waals surface area contributed by atoms with Gasteiger partial charge in [0.2, 0.25) is 0 Å². The minimum absolute atomic E-state index is 0.102. The highest BCUT2D eigenvalue weighted by atomic mass is 32.2. The van der Waals surface area contributed by atoms with Crippen molar-refractivity contribution in [2.75, 3.05) is 25.4 Å². The van der Waals surface area contributed by atoms with Gasteiger partial charge in [0.1, 0.15) is 0 Å². The van der Waals surface area contributed by atoms with Gasteiger partial charge in [-0.25, -0.2) is 4.68 Å². The van der Waals surface area contributed by atoms with Crippen molar-refractivity contribution >= 4 is 17.7 Å². The Bertz CT molecular complexity index is 596. The van der Waals surface area contributed by atoms with Crippen molar-refractivity contribution in [3.63, 3.8) is 0 Å². The van der Waals surface area contributed by atoms with Gasteiger partial charge in [-0.05, 0) is 45.7 Å². The molecule has 0 spiro atoms. The van der Waals surface area contributed by atoms with Gasteiger partial charge < -0.3 is 10.2 Å². The van der Waals surface area contributed by atoms with Crippen LogP contribution in [0.25, 0.3) is 0 Å². The summed E-state index contributed by atoms with van der Waals surface area (Å²) in [5.41, 5.74) is 1.52. The maximum atomic E-state index is 13.2. The molecule has 1 aromatic heterocycles. The number of carbonyl (C=O) groups excluding carboxylic acids is 1. The summed E-state index contributed by atoms with van der Waals surface area (Å²) in [7, 11) is 0. The van der Waals surface area contributed by atoms with E-state index in [0.717, 1.165) is 50.3 Å². The Hall–Kier alpha value is -1.08. The first-order valence-electron chi connectivity index (χ1n) is 9.31. The lowest BCUT2D eigenvalue weighted by Crippen LogP contribution is -2.51. The quantitative estimate of drug-likeness (QED) is 0.885. The third kappa shape index (κ3) is 2.96. The van der Waals surface area contributed by atoms with Crippen molar-refractivity contribution in [3.05, 3.63) is 11.4 Å². The van der Waals surface area contributed by atoms with Gasteiger partial charge in [0, 0.05) is 23.6 Å². The summed E-state index contributed by atoms with van der Waals surface area (Å²) in [6.45, 7) is 4.89. The van der Waals surface area contributed by atoms with Gasteiger partial charge in [-0.3, -0.25) is 4.79 Å². The SMILES string of the molecule is Cc1c(C(=O)N2CCSC3CCCCC32)nnn1C1CCNCC1. The number of rotatable bonds is 2. The Morgan fingerprint density at radius 2 is 2.00 bits per heavy atom. The molecule has 3 fully saturated rings. The highest BCUT2D eigenvalue weighted by molar-refractivity contribution is 8.00. The fourth-order valence-electron chi connectivity index (χ4n) is 4.42. The normalized spacial score (nSPS) is 28.6. The predicted molar refractivity (Wildman–Crippen MR) is 95.4 cm³/mol. The Kier molecular flexibility index (Phi) is 4.81. The van der Waals surface area contributed by atoms with Crippen molar-refractivity contribution in [1.29, 1.82) is 0 Å². The van der Waals surface area contributed by atoms with E-state index in [9.17, 15) is 4.79 Å². The van der Waals surface area contributed by atoms with E-state index >= 15 is 0 Å². The van der Waals surface area contributed by atoms with E-state index in [-0.39, 0.29) is 5.91 Å². The van der Waals surface area contributed by atoms with Crippen LogP contribution in [0.3, 0.4) is 0 Å². The van der Waals surface area contributed by atoms with E-state index < -0.39 is 0 Å². The van der Waals surface area contributed by atoms with Gasteiger partial charge in [-0.1, -0.05) is 18.1 Å². The van der Waals surface area contributed by atoms with Crippen LogP contribution in [0.15, 0.2) is 0 Å². The lowest BCUT2D eigenvalue weighted by atomic mass is 9.93. The molecule has 7 heteroatoms. The predicted octanol–water partition coefficient (Wildman–Crippen LogP) is 2.01. The first kappa shape index (κ1) is 16.4. The molecule has 1 aliphatic carbocycles. The average molecular weight is 350 g/mol. The van der Waals surface area contributed by atoms with Crippen molar-refractivity contribution in [2.24, 2.45) is 0 Å². The summed E-state index contributed by atoms with van der Waals surface area (Å²) in [5.74, 6) is 1.15. The minimum Gasteiger partial charge on any atom is -0.332 e. The average Bonchev–Trinajstić information content (AvgIpc) is 3.03. The third-order valence-electron chi connectivity index (χ3n) is 5.78. The molecule has 2 unspecified atom stereocenters. The number of nitrogens with one attached hydrogen (secondary N) is 1. The molecular formula is C17H27N5OS. The number of thioether (sulfide) groups is 1.